The molecule has 1 aliphatic rings. The van der Waals surface area contributed by atoms with Crippen LogP contribution < -0.4 is 5.32 Å². The number of aliphatic hydroxyl groups is 1. The zero-order valence-corrected chi connectivity index (χ0v) is 26.5. The summed E-state index contributed by atoms with van der Waals surface area (Å²) in [5.74, 6) is -0.683. The molecule has 2 N–H and O–H groups in total. The minimum atomic E-state index is -4.15. The second-order valence-corrected chi connectivity index (χ2v) is 13.5. The Morgan fingerprint density at radius 1 is 1.07 bits per heavy atom. The Bertz CT molecular complexity index is 1350. The summed E-state index contributed by atoms with van der Waals surface area (Å²) in [4.78, 5) is 39.5. The average Bonchev–Trinajstić information content (AvgIpc) is 3.51. The van der Waals surface area contributed by atoms with Gasteiger partial charge in [0.1, 0.15) is 0 Å². The molecule has 3 rings (SSSR count). The average molecular weight is 634 g/mol. The minimum absolute atomic E-state index is 0.0238. The summed E-state index contributed by atoms with van der Waals surface area (Å²) in [7, 11) is -0.858. The Balaban J connectivity index is 1.84. The summed E-state index contributed by atoms with van der Waals surface area (Å²) in [6, 6.07) is 12.8. The molecule has 0 aromatic heterocycles. The van der Waals surface area contributed by atoms with Crippen LogP contribution in [-0.2, 0) is 30.8 Å². The molecule has 242 valence electrons. The number of nitro benzene ring substituents is 1. The SMILES string of the molecule is CC(C)CN(C[C@@H](O)[C@H](Cc1ccccc1)NC(=O)CN(CC(=O)N(C)C)[C@H]1CCOC1)S(=O)(=O)c1ccc([N+](=O)[O-])cc1. The molecule has 1 heterocycles. The monoisotopic (exact) mass is 633 g/mol. The van der Waals surface area contributed by atoms with E-state index in [1.54, 1.807) is 19.0 Å². The number of non-ortho nitro benzene ring substituents is 1. The lowest BCUT2D eigenvalue weighted by Crippen LogP contribution is -2.54. The van der Waals surface area contributed by atoms with E-state index in [-0.39, 0.29) is 61.0 Å². The van der Waals surface area contributed by atoms with Crippen molar-refractivity contribution in [3.8, 4) is 0 Å². The smallest absolute Gasteiger partial charge is 0.269 e. The number of amides is 2. The molecule has 44 heavy (non-hydrogen) atoms. The van der Waals surface area contributed by atoms with E-state index >= 15 is 0 Å². The number of nitrogens with one attached hydrogen (secondary N) is 1. The summed E-state index contributed by atoms with van der Waals surface area (Å²) < 4.78 is 33.9. The third kappa shape index (κ3) is 10.1. The largest absolute Gasteiger partial charge is 0.390 e. The normalized spacial score (nSPS) is 16.7. The molecular weight excluding hydrogens is 590 g/mol. The van der Waals surface area contributed by atoms with Crippen molar-refractivity contribution in [2.45, 2.75) is 49.8 Å². The van der Waals surface area contributed by atoms with Gasteiger partial charge in [0.2, 0.25) is 21.8 Å². The molecule has 0 bridgehead atoms. The van der Waals surface area contributed by atoms with E-state index in [9.17, 15) is 33.2 Å². The lowest BCUT2D eigenvalue weighted by molar-refractivity contribution is -0.384. The maximum Gasteiger partial charge on any atom is 0.269 e. The Labute approximate surface area is 259 Å². The first-order chi connectivity index (χ1) is 20.8. The number of carbonyl (C=O) groups excluding carboxylic acids is 2. The van der Waals surface area contributed by atoms with Crippen LogP contribution in [0.15, 0.2) is 59.5 Å². The zero-order valence-electron chi connectivity index (χ0n) is 25.7. The zero-order chi connectivity index (χ0) is 32.4. The van der Waals surface area contributed by atoms with Crippen molar-refractivity contribution in [3.05, 3.63) is 70.3 Å². The number of hydrogen-bond acceptors (Lipinski definition) is 9. The maximum atomic E-state index is 13.6. The molecule has 14 heteroatoms. The standard InChI is InChI=1S/C30H43N5O8S/c1-22(2)17-34(44(41,42)26-12-10-24(11-13-26)35(39)40)18-28(36)27(16-23-8-6-5-7-9-23)31-29(37)19-33(20-30(38)32(3)4)25-14-15-43-21-25/h5-13,22,25,27-28,36H,14-21H2,1-4H3,(H,31,37)/t25-,27-,28+/m0/s1. The lowest BCUT2D eigenvalue weighted by atomic mass is 10.0. The summed E-state index contributed by atoms with van der Waals surface area (Å²) in [5.41, 5.74) is 0.588. The summed E-state index contributed by atoms with van der Waals surface area (Å²) >= 11 is 0. The third-order valence-electron chi connectivity index (χ3n) is 7.36. The molecule has 13 nitrogen and oxygen atoms in total. The number of aliphatic hydroxyl groups excluding tert-OH is 1. The second-order valence-electron chi connectivity index (χ2n) is 11.6. The maximum absolute atomic E-state index is 13.6. The molecule has 3 atom stereocenters. The number of likely N-dealkylation sites (N-methyl/N-ethyl adjacent to an activating group) is 1. The minimum Gasteiger partial charge on any atom is -0.390 e. The van der Waals surface area contributed by atoms with Gasteiger partial charge in [0.05, 0.1) is 41.7 Å². The van der Waals surface area contributed by atoms with Crippen LogP contribution >= 0.6 is 0 Å². The summed E-state index contributed by atoms with van der Waals surface area (Å²) in [5, 5.41) is 25.5. The number of ether oxygens (including phenoxy) is 1. The Morgan fingerprint density at radius 2 is 1.73 bits per heavy atom. The van der Waals surface area contributed by atoms with Crippen LogP contribution in [0.4, 0.5) is 5.69 Å². The molecule has 2 aromatic carbocycles. The molecular formula is C30H43N5O8S. The van der Waals surface area contributed by atoms with E-state index in [0.717, 1.165) is 22.0 Å². The van der Waals surface area contributed by atoms with Gasteiger partial charge in [-0.15, -0.1) is 0 Å². The van der Waals surface area contributed by atoms with Crippen molar-refractivity contribution in [2.24, 2.45) is 5.92 Å². The fraction of sp³-hybridized carbons (Fsp3) is 0.533. The van der Waals surface area contributed by atoms with Gasteiger partial charge in [-0.2, -0.15) is 4.31 Å². The number of benzene rings is 2. The highest BCUT2D eigenvalue weighted by Crippen LogP contribution is 2.22. The fourth-order valence-corrected chi connectivity index (χ4v) is 6.55. The van der Waals surface area contributed by atoms with Crippen LogP contribution in [0.25, 0.3) is 0 Å². The molecule has 0 aliphatic carbocycles. The highest BCUT2D eigenvalue weighted by atomic mass is 32.2. The molecule has 2 aromatic rings. The van der Waals surface area contributed by atoms with Crippen molar-refractivity contribution in [1.82, 2.24) is 19.4 Å². The van der Waals surface area contributed by atoms with Crippen molar-refractivity contribution in [3.63, 3.8) is 0 Å². The van der Waals surface area contributed by atoms with E-state index in [1.165, 1.54) is 17.0 Å². The third-order valence-corrected chi connectivity index (χ3v) is 9.21. The highest BCUT2D eigenvalue weighted by molar-refractivity contribution is 7.89. The second kappa shape index (κ2) is 16.0. The first-order valence-electron chi connectivity index (χ1n) is 14.6. The van der Waals surface area contributed by atoms with Crippen LogP contribution in [0.3, 0.4) is 0 Å². The summed E-state index contributed by atoms with van der Waals surface area (Å²) in [6.45, 7) is 4.27. The van der Waals surface area contributed by atoms with Gasteiger partial charge in [0, 0.05) is 52.0 Å². The molecule has 1 saturated heterocycles. The first kappa shape index (κ1) is 35.1. The van der Waals surface area contributed by atoms with Crippen LogP contribution in [0.2, 0.25) is 0 Å². The van der Waals surface area contributed by atoms with Gasteiger partial charge in [-0.1, -0.05) is 44.2 Å². The van der Waals surface area contributed by atoms with Crippen LogP contribution in [-0.4, -0.2) is 116 Å². The van der Waals surface area contributed by atoms with Crippen molar-refractivity contribution in [2.75, 3.05) is 53.5 Å². The first-order valence-corrected chi connectivity index (χ1v) is 16.0. The topological polar surface area (TPSA) is 163 Å². The van der Waals surface area contributed by atoms with E-state index in [4.69, 9.17) is 4.74 Å². The number of nitrogens with zero attached hydrogens (tertiary/aromatic N) is 4. The molecule has 1 fully saturated rings. The van der Waals surface area contributed by atoms with Crippen LogP contribution in [0.1, 0.15) is 25.8 Å². The van der Waals surface area contributed by atoms with Gasteiger partial charge >= 0.3 is 0 Å². The van der Waals surface area contributed by atoms with E-state index in [1.807, 2.05) is 44.2 Å². The molecule has 0 saturated carbocycles. The van der Waals surface area contributed by atoms with Crippen molar-refractivity contribution in [1.29, 1.82) is 0 Å². The van der Waals surface area contributed by atoms with Crippen LogP contribution in [0, 0.1) is 16.0 Å². The molecule has 0 spiro atoms. The molecule has 1 aliphatic heterocycles. The number of hydrogen-bond donors (Lipinski definition) is 2. The van der Waals surface area contributed by atoms with Gasteiger partial charge in [0.15, 0.2) is 0 Å². The predicted molar refractivity (Wildman–Crippen MR) is 164 cm³/mol. The Kier molecular flexibility index (Phi) is 12.8. The predicted octanol–water partition coefficient (Wildman–Crippen LogP) is 1.51. The van der Waals surface area contributed by atoms with E-state index in [0.29, 0.717) is 19.6 Å². The lowest BCUT2D eigenvalue weighted by Gasteiger charge is -2.32. The van der Waals surface area contributed by atoms with E-state index in [2.05, 4.69) is 5.32 Å². The number of nitro groups is 1. The Morgan fingerprint density at radius 3 is 2.27 bits per heavy atom. The molecule has 2 amide bonds. The van der Waals surface area contributed by atoms with Gasteiger partial charge in [0.25, 0.3) is 5.69 Å². The van der Waals surface area contributed by atoms with Crippen molar-refractivity contribution < 1.29 is 32.8 Å². The number of rotatable bonds is 16. The van der Waals surface area contributed by atoms with E-state index < -0.39 is 33.0 Å². The van der Waals surface area contributed by atoms with Gasteiger partial charge in [-0.25, -0.2) is 8.42 Å². The number of sulfonamides is 1. The van der Waals surface area contributed by atoms with Gasteiger partial charge in [-0.3, -0.25) is 24.6 Å². The fourth-order valence-electron chi connectivity index (χ4n) is 4.93. The number of carbonyl (C=O) groups is 2. The molecule has 0 unspecified atom stereocenters. The summed E-state index contributed by atoms with van der Waals surface area (Å²) in [6.07, 6.45) is -0.406. The quantitative estimate of drug-likeness (QED) is 0.206. The van der Waals surface area contributed by atoms with Crippen molar-refractivity contribution >= 4 is 27.5 Å². The highest BCUT2D eigenvalue weighted by Gasteiger charge is 2.33. The Hall–Kier alpha value is -3.43. The van der Waals surface area contributed by atoms with Gasteiger partial charge in [-0.05, 0) is 36.5 Å². The van der Waals surface area contributed by atoms with Gasteiger partial charge < -0.3 is 20.1 Å². The molecule has 0 radical (unpaired) electrons. The van der Waals surface area contributed by atoms with Crippen LogP contribution in [0.5, 0.6) is 0 Å².